The lowest BCUT2D eigenvalue weighted by Gasteiger charge is -2.38. The molecule has 1 aromatic rings. The predicted molar refractivity (Wildman–Crippen MR) is 67.8 cm³/mol. The lowest BCUT2D eigenvalue weighted by molar-refractivity contribution is -0.0934. The molecule has 1 aromatic carbocycles. The Labute approximate surface area is 111 Å². The van der Waals surface area contributed by atoms with E-state index in [0.717, 1.165) is 18.2 Å². The summed E-state index contributed by atoms with van der Waals surface area (Å²) < 4.78 is 32.2. The highest BCUT2D eigenvalue weighted by molar-refractivity contribution is 5.21. The monoisotopic (exact) mass is 271 g/mol. The van der Waals surface area contributed by atoms with Crippen LogP contribution >= 0.6 is 0 Å². The van der Waals surface area contributed by atoms with Gasteiger partial charge in [-0.3, -0.25) is 4.90 Å². The van der Waals surface area contributed by atoms with E-state index in [-0.39, 0.29) is 17.7 Å². The third-order valence-electron chi connectivity index (χ3n) is 3.25. The Bertz CT molecular complexity index is 451. The highest BCUT2D eigenvalue weighted by atomic mass is 19.1. The van der Waals surface area contributed by atoms with E-state index in [0.29, 0.717) is 19.7 Å². The van der Waals surface area contributed by atoms with Gasteiger partial charge in [-0.2, -0.15) is 0 Å². The second-order valence-corrected chi connectivity index (χ2v) is 5.52. The molecule has 0 radical (unpaired) electrons. The van der Waals surface area contributed by atoms with Crippen molar-refractivity contribution in [1.82, 2.24) is 4.90 Å². The van der Waals surface area contributed by atoms with Crippen molar-refractivity contribution in [3.8, 4) is 0 Å². The number of rotatable bonds is 3. The highest BCUT2D eigenvalue weighted by Gasteiger charge is 2.28. The van der Waals surface area contributed by atoms with Crippen molar-refractivity contribution in [3.05, 3.63) is 35.4 Å². The Morgan fingerprint density at radius 3 is 2.84 bits per heavy atom. The summed E-state index contributed by atoms with van der Waals surface area (Å²) in [6, 6.07) is 3.13. The van der Waals surface area contributed by atoms with Gasteiger partial charge in [-0.15, -0.1) is 0 Å². The van der Waals surface area contributed by atoms with E-state index in [4.69, 9.17) is 4.74 Å². The standard InChI is InChI=1S/C14H19F2NO2/c1-14(2)9-17(5-6-19-14)8-13(18)11-7-10(15)3-4-12(11)16/h3-4,7,13,18H,5-6,8-9H2,1-2H3. The molecule has 1 atom stereocenters. The molecule has 106 valence electrons. The predicted octanol–water partition coefficient (Wildman–Crippen LogP) is 2.11. The summed E-state index contributed by atoms with van der Waals surface area (Å²) in [5.41, 5.74) is -0.275. The molecule has 1 aliphatic rings. The first-order valence-electron chi connectivity index (χ1n) is 6.37. The number of aliphatic hydroxyl groups excluding tert-OH is 1. The Morgan fingerprint density at radius 1 is 1.42 bits per heavy atom. The van der Waals surface area contributed by atoms with E-state index in [1.165, 1.54) is 0 Å². The van der Waals surface area contributed by atoms with Crippen molar-refractivity contribution >= 4 is 0 Å². The smallest absolute Gasteiger partial charge is 0.129 e. The Morgan fingerprint density at radius 2 is 2.16 bits per heavy atom. The zero-order chi connectivity index (χ0) is 14.0. The first kappa shape index (κ1) is 14.4. The van der Waals surface area contributed by atoms with Crippen LogP contribution in [0.3, 0.4) is 0 Å². The van der Waals surface area contributed by atoms with Gasteiger partial charge in [0.1, 0.15) is 11.6 Å². The van der Waals surface area contributed by atoms with Gasteiger partial charge in [0.05, 0.1) is 18.3 Å². The van der Waals surface area contributed by atoms with Crippen molar-refractivity contribution in [2.24, 2.45) is 0 Å². The van der Waals surface area contributed by atoms with Crippen molar-refractivity contribution in [2.45, 2.75) is 25.6 Å². The number of halogens is 2. The topological polar surface area (TPSA) is 32.7 Å². The molecule has 1 fully saturated rings. The maximum absolute atomic E-state index is 13.6. The van der Waals surface area contributed by atoms with Gasteiger partial charge in [0.15, 0.2) is 0 Å². The number of hydrogen-bond donors (Lipinski definition) is 1. The van der Waals surface area contributed by atoms with Crippen LogP contribution in [0, 0.1) is 11.6 Å². The van der Waals surface area contributed by atoms with E-state index in [1.54, 1.807) is 0 Å². The molecule has 3 nitrogen and oxygen atoms in total. The SMILES string of the molecule is CC1(C)CN(CC(O)c2cc(F)ccc2F)CCO1. The molecule has 0 bridgehead atoms. The van der Waals surface area contributed by atoms with Crippen LogP contribution in [0.4, 0.5) is 8.78 Å². The first-order chi connectivity index (χ1) is 8.87. The van der Waals surface area contributed by atoms with E-state index in [1.807, 2.05) is 18.7 Å². The number of nitrogens with zero attached hydrogens (tertiary/aromatic N) is 1. The van der Waals surface area contributed by atoms with Crippen LogP contribution in [-0.2, 0) is 4.74 Å². The minimum atomic E-state index is -1.04. The van der Waals surface area contributed by atoms with Crippen molar-refractivity contribution in [1.29, 1.82) is 0 Å². The van der Waals surface area contributed by atoms with Gasteiger partial charge in [0.2, 0.25) is 0 Å². The average molecular weight is 271 g/mol. The molecular weight excluding hydrogens is 252 g/mol. The summed E-state index contributed by atoms with van der Waals surface area (Å²) in [4.78, 5) is 2.00. The van der Waals surface area contributed by atoms with Crippen LogP contribution in [0.15, 0.2) is 18.2 Å². The van der Waals surface area contributed by atoms with Gasteiger partial charge in [0.25, 0.3) is 0 Å². The molecule has 0 aliphatic carbocycles. The number of β-amino-alcohol motifs (C(OH)–C–C–N with tert-alkyl or cyclic N) is 1. The third kappa shape index (κ3) is 3.72. The molecule has 1 saturated heterocycles. The van der Waals surface area contributed by atoms with Gasteiger partial charge in [0, 0.05) is 25.2 Å². The minimum absolute atomic E-state index is 0.00398. The fourth-order valence-electron chi connectivity index (χ4n) is 2.38. The zero-order valence-corrected chi connectivity index (χ0v) is 11.2. The third-order valence-corrected chi connectivity index (χ3v) is 3.25. The molecule has 2 rings (SSSR count). The quantitative estimate of drug-likeness (QED) is 0.914. The van der Waals surface area contributed by atoms with Gasteiger partial charge in [-0.05, 0) is 32.0 Å². The second-order valence-electron chi connectivity index (χ2n) is 5.52. The molecule has 1 unspecified atom stereocenters. The van der Waals surface area contributed by atoms with E-state index in [9.17, 15) is 13.9 Å². The number of hydrogen-bond acceptors (Lipinski definition) is 3. The van der Waals surface area contributed by atoms with Gasteiger partial charge >= 0.3 is 0 Å². The van der Waals surface area contributed by atoms with Gasteiger partial charge < -0.3 is 9.84 Å². The molecule has 19 heavy (non-hydrogen) atoms. The van der Waals surface area contributed by atoms with E-state index in [2.05, 4.69) is 0 Å². The molecule has 0 saturated carbocycles. The van der Waals surface area contributed by atoms with Crippen molar-refractivity contribution in [2.75, 3.05) is 26.2 Å². The van der Waals surface area contributed by atoms with Crippen LogP contribution in [0.5, 0.6) is 0 Å². The molecule has 0 spiro atoms. The number of morpholine rings is 1. The zero-order valence-electron chi connectivity index (χ0n) is 11.2. The maximum atomic E-state index is 13.6. The van der Waals surface area contributed by atoms with Crippen molar-refractivity contribution < 1.29 is 18.6 Å². The summed E-state index contributed by atoms with van der Waals surface area (Å²) in [6.45, 7) is 6.11. The normalized spacial score (nSPS) is 21.3. The second kappa shape index (κ2) is 5.53. The summed E-state index contributed by atoms with van der Waals surface area (Å²) >= 11 is 0. The molecule has 1 N–H and O–H groups in total. The minimum Gasteiger partial charge on any atom is -0.387 e. The lowest BCUT2D eigenvalue weighted by Crippen LogP contribution is -2.49. The molecule has 0 aromatic heterocycles. The Hall–Kier alpha value is -1.04. The first-order valence-corrected chi connectivity index (χ1v) is 6.37. The van der Waals surface area contributed by atoms with Crippen LogP contribution in [0.25, 0.3) is 0 Å². The molecule has 1 aliphatic heterocycles. The van der Waals surface area contributed by atoms with Crippen LogP contribution < -0.4 is 0 Å². The highest BCUT2D eigenvalue weighted by Crippen LogP contribution is 2.22. The summed E-state index contributed by atoms with van der Waals surface area (Å²) in [5.74, 6) is -1.13. The summed E-state index contributed by atoms with van der Waals surface area (Å²) in [7, 11) is 0. The van der Waals surface area contributed by atoms with E-state index < -0.39 is 17.7 Å². The molecular formula is C14H19F2NO2. The Kier molecular flexibility index (Phi) is 4.18. The average Bonchev–Trinajstić information content (AvgIpc) is 2.31. The van der Waals surface area contributed by atoms with E-state index >= 15 is 0 Å². The molecule has 0 amide bonds. The summed E-state index contributed by atoms with van der Waals surface area (Å²) in [5, 5.41) is 10.1. The number of aliphatic hydroxyl groups is 1. The van der Waals surface area contributed by atoms with Crippen LogP contribution in [-0.4, -0.2) is 41.8 Å². The van der Waals surface area contributed by atoms with Crippen LogP contribution in [0.2, 0.25) is 0 Å². The van der Waals surface area contributed by atoms with Gasteiger partial charge in [-0.1, -0.05) is 0 Å². The van der Waals surface area contributed by atoms with Crippen LogP contribution in [0.1, 0.15) is 25.5 Å². The number of benzene rings is 1. The molecule has 5 heteroatoms. The fourth-order valence-corrected chi connectivity index (χ4v) is 2.38. The molecule has 1 heterocycles. The Balaban J connectivity index is 2.04. The van der Waals surface area contributed by atoms with Crippen molar-refractivity contribution in [3.63, 3.8) is 0 Å². The number of ether oxygens (including phenoxy) is 1. The summed E-state index contributed by atoms with van der Waals surface area (Å²) in [6.07, 6.45) is -1.04. The lowest BCUT2D eigenvalue weighted by atomic mass is 10.0. The van der Waals surface area contributed by atoms with Gasteiger partial charge in [-0.25, -0.2) is 8.78 Å². The maximum Gasteiger partial charge on any atom is 0.129 e. The fraction of sp³-hybridized carbons (Fsp3) is 0.571. The largest absolute Gasteiger partial charge is 0.387 e.